The van der Waals surface area contributed by atoms with Gasteiger partial charge in [0.15, 0.2) is 5.96 Å². The molecule has 122 valence electrons. The van der Waals surface area contributed by atoms with Crippen LogP contribution in [-0.2, 0) is 13.0 Å². The first kappa shape index (κ1) is 18.9. The Balaban J connectivity index is 0.00000242. The Morgan fingerprint density at radius 3 is 2.64 bits per heavy atom. The topological polar surface area (TPSA) is 75.3 Å². The summed E-state index contributed by atoms with van der Waals surface area (Å²) >= 11 is 1.69. The largest absolute Gasteiger partial charge is 0.361 e. The molecule has 0 unspecified atom stereocenters. The van der Waals surface area contributed by atoms with Crippen molar-refractivity contribution in [1.29, 1.82) is 0 Å². The summed E-state index contributed by atoms with van der Waals surface area (Å²) in [5.74, 6) is 1.66. The van der Waals surface area contributed by atoms with Gasteiger partial charge in [0.2, 0.25) is 0 Å². The molecule has 0 aromatic carbocycles. The minimum Gasteiger partial charge on any atom is -0.361 e. The molecule has 2 N–H and O–H groups in total. The summed E-state index contributed by atoms with van der Waals surface area (Å²) in [5, 5.41) is 11.6. The average Bonchev–Trinajstić information content (AvgIpc) is 3.02. The van der Waals surface area contributed by atoms with E-state index in [1.165, 1.54) is 4.88 Å². The second-order valence-corrected chi connectivity index (χ2v) is 6.09. The Bertz CT molecular complexity index is 603. The van der Waals surface area contributed by atoms with E-state index in [9.17, 15) is 0 Å². The molecule has 0 saturated heterocycles. The number of aliphatic imine (C=N–C) groups is 1. The summed E-state index contributed by atoms with van der Waals surface area (Å²) in [4.78, 5) is 9.74. The van der Waals surface area contributed by atoms with E-state index >= 15 is 0 Å². The maximum atomic E-state index is 5.16. The van der Waals surface area contributed by atoms with Gasteiger partial charge >= 0.3 is 0 Å². The number of thiazole rings is 1. The Hall–Kier alpha value is -1.16. The molecular weight excluding hydrogens is 413 g/mol. The average molecular weight is 435 g/mol. The molecule has 2 heterocycles. The number of hydrogen-bond acceptors (Lipinski definition) is 5. The Kier molecular flexibility index (Phi) is 7.80. The van der Waals surface area contributed by atoms with Gasteiger partial charge in [-0.25, -0.2) is 4.98 Å². The van der Waals surface area contributed by atoms with Crippen molar-refractivity contribution in [2.45, 2.75) is 33.7 Å². The van der Waals surface area contributed by atoms with E-state index in [1.807, 2.05) is 20.0 Å². The molecule has 0 atom stereocenters. The number of nitrogens with one attached hydrogen (secondary N) is 2. The van der Waals surface area contributed by atoms with Crippen LogP contribution in [0.3, 0.4) is 0 Å². The quantitative estimate of drug-likeness (QED) is 0.429. The molecular formula is C14H22IN5OS. The summed E-state index contributed by atoms with van der Waals surface area (Å²) in [6, 6.07) is 0. The number of rotatable bonds is 5. The van der Waals surface area contributed by atoms with E-state index in [2.05, 4.69) is 32.7 Å². The van der Waals surface area contributed by atoms with Crippen LogP contribution in [0.25, 0.3) is 0 Å². The van der Waals surface area contributed by atoms with Crippen LogP contribution < -0.4 is 10.6 Å². The van der Waals surface area contributed by atoms with Crippen LogP contribution in [0.2, 0.25) is 0 Å². The molecule has 0 fully saturated rings. The van der Waals surface area contributed by atoms with Gasteiger partial charge in [0, 0.05) is 30.2 Å². The SMILES string of the molecule is CN=C(NCCc1c(C)noc1C)NCc1ncc(C)s1.I. The standard InChI is InChI=1S/C14H21N5OS.HI/c1-9-7-17-13(21-9)8-18-14(15-4)16-6-5-12-10(2)19-20-11(12)3;/h7H,5-6,8H2,1-4H3,(H2,15,16,18);1H. The third-order valence-electron chi connectivity index (χ3n) is 3.15. The smallest absolute Gasteiger partial charge is 0.191 e. The monoisotopic (exact) mass is 435 g/mol. The van der Waals surface area contributed by atoms with Crippen molar-refractivity contribution >= 4 is 41.3 Å². The minimum atomic E-state index is 0. The first-order valence-corrected chi connectivity index (χ1v) is 7.69. The molecule has 0 radical (unpaired) electrons. The number of nitrogens with zero attached hydrogens (tertiary/aromatic N) is 3. The fourth-order valence-corrected chi connectivity index (χ4v) is 2.75. The number of aromatic nitrogens is 2. The molecule has 8 heteroatoms. The highest BCUT2D eigenvalue weighted by Gasteiger charge is 2.08. The van der Waals surface area contributed by atoms with Crippen LogP contribution in [0.5, 0.6) is 0 Å². The van der Waals surface area contributed by atoms with Gasteiger partial charge in [0.05, 0.1) is 12.2 Å². The fourth-order valence-electron chi connectivity index (χ4n) is 2.03. The van der Waals surface area contributed by atoms with Crippen molar-refractivity contribution in [3.63, 3.8) is 0 Å². The van der Waals surface area contributed by atoms with Crippen LogP contribution in [-0.4, -0.2) is 29.7 Å². The van der Waals surface area contributed by atoms with Crippen molar-refractivity contribution in [2.24, 2.45) is 4.99 Å². The summed E-state index contributed by atoms with van der Waals surface area (Å²) in [6.45, 7) is 7.41. The summed E-state index contributed by atoms with van der Waals surface area (Å²) in [6.07, 6.45) is 2.74. The highest BCUT2D eigenvalue weighted by Crippen LogP contribution is 2.12. The second kappa shape index (κ2) is 9.09. The zero-order valence-corrected chi connectivity index (χ0v) is 16.4. The molecule has 0 aliphatic carbocycles. The van der Waals surface area contributed by atoms with E-state index < -0.39 is 0 Å². The Morgan fingerprint density at radius 1 is 1.32 bits per heavy atom. The van der Waals surface area contributed by atoms with Crippen molar-refractivity contribution in [3.8, 4) is 0 Å². The highest BCUT2D eigenvalue weighted by molar-refractivity contribution is 14.0. The van der Waals surface area contributed by atoms with Crippen molar-refractivity contribution in [3.05, 3.63) is 33.1 Å². The molecule has 0 saturated carbocycles. The van der Waals surface area contributed by atoms with E-state index in [1.54, 1.807) is 18.4 Å². The maximum Gasteiger partial charge on any atom is 0.191 e. The van der Waals surface area contributed by atoms with Gasteiger partial charge in [0.25, 0.3) is 0 Å². The van der Waals surface area contributed by atoms with E-state index in [0.717, 1.165) is 41.0 Å². The zero-order chi connectivity index (χ0) is 15.2. The number of halogens is 1. The van der Waals surface area contributed by atoms with Crippen LogP contribution in [0.15, 0.2) is 15.7 Å². The molecule has 2 aromatic rings. The molecule has 2 rings (SSSR count). The number of hydrogen-bond donors (Lipinski definition) is 2. The third-order valence-corrected chi connectivity index (χ3v) is 4.06. The summed E-state index contributed by atoms with van der Waals surface area (Å²) in [7, 11) is 1.76. The fraction of sp³-hybridized carbons (Fsp3) is 0.500. The van der Waals surface area contributed by atoms with E-state index in [0.29, 0.717) is 6.54 Å². The molecule has 6 nitrogen and oxygen atoms in total. The number of aryl methyl sites for hydroxylation is 3. The van der Waals surface area contributed by atoms with Gasteiger partial charge in [0.1, 0.15) is 10.8 Å². The molecule has 0 amide bonds. The van der Waals surface area contributed by atoms with Crippen LogP contribution >= 0.6 is 35.3 Å². The third kappa shape index (κ3) is 5.24. The normalized spacial score (nSPS) is 11.2. The maximum absolute atomic E-state index is 5.16. The summed E-state index contributed by atoms with van der Waals surface area (Å²) in [5.41, 5.74) is 2.11. The predicted octanol–water partition coefficient (Wildman–Crippen LogP) is 2.58. The van der Waals surface area contributed by atoms with E-state index in [4.69, 9.17) is 4.52 Å². The molecule has 22 heavy (non-hydrogen) atoms. The van der Waals surface area contributed by atoms with Gasteiger partial charge in [-0.3, -0.25) is 4.99 Å². The second-order valence-electron chi connectivity index (χ2n) is 4.77. The molecule has 0 aliphatic rings. The van der Waals surface area contributed by atoms with Crippen molar-refractivity contribution in [2.75, 3.05) is 13.6 Å². The Labute approximate surface area is 151 Å². The van der Waals surface area contributed by atoms with Crippen molar-refractivity contribution in [1.82, 2.24) is 20.8 Å². The lowest BCUT2D eigenvalue weighted by molar-refractivity contribution is 0.392. The lowest BCUT2D eigenvalue weighted by Crippen LogP contribution is -2.37. The van der Waals surface area contributed by atoms with Gasteiger partial charge in [-0.1, -0.05) is 5.16 Å². The summed E-state index contributed by atoms with van der Waals surface area (Å²) < 4.78 is 5.16. The van der Waals surface area contributed by atoms with Gasteiger partial charge in [-0.15, -0.1) is 35.3 Å². The first-order valence-electron chi connectivity index (χ1n) is 6.87. The van der Waals surface area contributed by atoms with Crippen LogP contribution in [0.4, 0.5) is 0 Å². The molecule has 0 spiro atoms. The first-order chi connectivity index (χ1) is 10.1. The van der Waals surface area contributed by atoms with Crippen LogP contribution in [0, 0.1) is 20.8 Å². The van der Waals surface area contributed by atoms with E-state index in [-0.39, 0.29) is 24.0 Å². The predicted molar refractivity (Wildman–Crippen MR) is 100 cm³/mol. The highest BCUT2D eigenvalue weighted by atomic mass is 127. The molecule has 0 bridgehead atoms. The Morgan fingerprint density at radius 2 is 2.09 bits per heavy atom. The van der Waals surface area contributed by atoms with Gasteiger partial charge < -0.3 is 15.2 Å². The van der Waals surface area contributed by atoms with Gasteiger partial charge in [-0.05, 0) is 27.2 Å². The lowest BCUT2D eigenvalue weighted by Gasteiger charge is -2.10. The number of guanidine groups is 1. The molecule has 2 aromatic heterocycles. The molecule has 0 aliphatic heterocycles. The lowest BCUT2D eigenvalue weighted by atomic mass is 10.1. The van der Waals surface area contributed by atoms with Crippen LogP contribution in [0.1, 0.15) is 26.9 Å². The minimum absolute atomic E-state index is 0. The van der Waals surface area contributed by atoms with Gasteiger partial charge in [-0.2, -0.15) is 0 Å². The van der Waals surface area contributed by atoms with Crippen molar-refractivity contribution < 1.29 is 4.52 Å². The zero-order valence-electron chi connectivity index (χ0n) is 13.3.